The summed E-state index contributed by atoms with van der Waals surface area (Å²) in [4.78, 5) is 4.37. The fourth-order valence-electron chi connectivity index (χ4n) is 3.43. The van der Waals surface area contributed by atoms with Gasteiger partial charge in [-0.05, 0) is 37.1 Å². The zero-order chi connectivity index (χ0) is 22.2. The Balaban J connectivity index is 1.66. The van der Waals surface area contributed by atoms with Crippen LogP contribution in [0.15, 0.2) is 60.0 Å². The van der Waals surface area contributed by atoms with Crippen LogP contribution in [0.25, 0.3) is 16.7 Å². The second kappa shape index (κ2) is 7.78. The fraction of sp³-hybridized carbons (Fsp3) is 0.286. The first-order chi connectivity index (χ1) is 14.8. The molecule has 0 radical (unpaired) electrons. The van der Waals surface area contributed by atoms with Gasteiger partial charge in [-0.2, -0.15) is 10.2 Å². The molecule has 1 N–H and O–H groups in total. The first kappa shape index (κ1) is 21.0. The SMILES string of the molecule is CC[C@@](C)(OC)c1ccnc(-n2cc(S(=O)(=O)Nc3cccc4cnn(C)c34)cn2)c1. The van der Waals surface area contributed by atoms with Crippen LogP contribution in [0.5, 0.6) is 0 Å². The maximum atomic E-state index is 13.0. The van der Waals surface area contributed by atoms with E-state index in [0.29, 0.717) is 17.0 Å². The number of methoxy groups -OCH3 is 1. The number of sulfonamides is 1. The molecule has 1 aromatic carbocycles. The second-order valence-corrected chi connectivity index (χ2v) is 9.11. The Kier molecular flexibility index (Phi) is 5.28. The maximum Gasteiger partial charge on any atom is 0.265 e. The lowest BCUT2D eigenvalue weighted by molar-refractivity contribution is -0.00147. The molecule has 3 heterocycles. The van der Waals surface area contributed by atoms with E-state index in [-0.39, 0.29) is 4.90 Å². The summed E-state index contributed by atoms with van der Waals surface area (Å²) in [5, 5.41) is 9.25. The number of anilines is 1. The van der Waals surface area contributed by atoms with E-state index in [1.54, 1.807) is 43.4 Å². The van der Waals surface area contributed by atoms with Crippen LogP contribution in [0.1, 0.15) is 25.8 Å². The molecule has 31 heavy (non-hydrogen) atoms. The topological polar surface area (TPSA) is 104 Å². The molecule has 0 aliphatic heterocycles. The lowest BCUT2D eigenvalue weighted by Gasteiger charge is -2.27. The number of para-hydroxylation sites is 1. The van der Waals surface area contributed by atoms with Crippen molar-refractivity contribution in [2.24, 2.45) is 7.05 Å². The summed E-state index contributed by atoms with van der Waals surface area (Å²) in [6.07, 6.45) is 6.86. The van der Waals surface area contributed by atoms with Gasteiger partial charge in [0.1, 0.15) is 4.90 Å². The number of rotatable bonds is 7. The van der Waals surface area contributed by atoms with E-state index < -0.39 is 15.6 Å². The lowest BCUT2D eigenvalue weighted by Crippen LogP contribution is -2.23. The Morgan fingerprint density at radius 1 is 1.19 bits per heavy atom. The number of aryl methyl sites for hydroxylation is 1. The highest BCUT2D eigenvalue weighted by Gasteiger charge is 2.25. The van der Waals surface area contributed by atoms with Crippen molar-refractivity contribution in [1.29, 1.82) is 0 Å². The standard InChI is InChI=1S/C21H24N6O3S/c1-5-21(2,30-4)16-9-10-22-19(11-16)27-14-17(13-24-27)31(28,29)25-18-8-6-7-15-12-23-26(3)20(15)18/h6-14,25H,5H2,1-4H3/t21-/m1/s1. The maximum absolute atomic E-state index is 13.0. The molecule has 0 fully saturated rings. The van der Waals surface area contributed by atoms with Crippen molar-refractivity contribution < 1.29 is 13.2 Å². The average molecular weight is 441 g/mol. The number of hydrogen-bond acceptors (Lipinski definition) is 6. The summed E-state index contributed by atoms with van der Waals surface area (Å²) < 4.78 is 37.4. The number of pyridine rings is 1. The summed E-state index contributed by atoms with van der Waals surface area (Å²) in [5.74, 6) is 0.504. The highest BCUT2D eigenvalue weighted by molar-refractivity contribution is 7.92. The smallest absolute Gasteiger partial charge is 0.265 e. The minimum Gasteiger partial charge on any atom is -0.374 e. The van der Waals surface area contributed by atoms with Crippen molar-refractivity contribution in [3.8, 4) is 5.82 Å². The monoisotopic (exact) mass is 440 g/mol. The van der Waals surface area contributed by atoms with Crippen LogP contribution in [0, 0.1) is 0 Å². The molecule has 0 unspecified atom stereocenters. The first-order valence-corrected chi connectivity index (χ1v) is 11.3. The van der Waals surface area contributed by atoms with Gasteiger partial charge in [-0.15, -0.1) is 0 Å². The van der Waals surface area contributed by atoms with E-state index in [2.05, 4.69) is 19.9 Å². The van der Waals surface area contributed by atoms with E-state index in [1.165, 1.54) is 17.1 Å². The molecule has 0 saturated carbocycles. The van der Waals surface area contributed by atoms with Crippen molar-refractivity contribution in [2.45, 2.75) is 30.8 Å². The third-order valence-corrected chi connectivity index (χ3v) is 6.91. The van der Waals surface area contributed by atoms with E-state index in [1.807, 2.05) is 32.0 Å². The number of nitrogens with zero attached hydrogens (tertiary/aromatic N) is 5. The normalized spacial score (nSPS) is 13.9. The predicted octanol–water partition coefficient (Wildman–Crippen LogP) is 3.23. The molecular formula is C21H24N6O3S. The van der Waals surface area contributed by atoms with Gasteiger partial charge in [-0.3, -0.25) is 9.40 Å². The Morgan fingerprint density at radius 2 is 2.00 bits per heavy atom. The van der Waals surface area contributed by atoms with Crippen molar-refractivity contribution >= 4 is 26.6 Å². The van der Waals surface area contributed by atoms with E-state index in [9.17, 15) is 8.42 Å². The minimum absolute atomic E-state index is 0.0314. The molecule has 0 saturated heterocycles. The largest absolute Gasteiger partial charge is 0.374 e. The molecule has 0 spiro atoms. The molecule has 4 aromatic rings. The van der Waals surface area contributed by atoms with Crippen LogP contribution >= 0.6 is 0 Å². The third-order valence-electron chi connectivity index (χ3n) is 5.59. The number of hydrogen-bond donors (Lipinski definition) is 1. The van der Waals surface area contributed by atoms with Gasteiger partial charge in [0.05, 0.1) is 35.4 Å². The molecule has 0 amide bonds. The Labute approximate surface area is 180 Å². The summed E-state index contributed by atoms with van der Waals surface area (Å²) in [6.45, 7) is 4.03. The van der Waals surface area contributed by atoms with Crippen molar-refractivity contribution in [2.75, 3.05) is 11.8 Å². The highest BCUT2D eigenvalue weighted by Crippen LogP contribution is 2.29. The zero-order valence-electron chi connectivity index (χ0n) is 17.8. The van der Waals surface area contributed by atoms with Crippen molar-refractivity contribution in [3.63, 3.8) is 0 Å². The summed E-state index contributed by atoms with van der Waals surface area (Å²) in [6, 6.07) is 9.09. The van der Waals surface area contributed by atoms with Gasteiger partial charge in [-0.25, -0.2) is 18.1 Å². The molecule has 10 heteroatoms. The van der Waals surface area contributed by atoms with Crippen LogP contribution < -0.4 is 4.72 Å². The third kappa shape index (κ3) is 3.79. The molecule has 162 valence electrons. The quantitative estimate of drug-likeness (QED) is 0.473. The first-order valence-electron chi connectivity index (χ1n) is 9.77. The zero-order valence-corrected chi connectivity index (χ0v) is 18.6. The molecular weight excluding hydrogens is 416 g/mol. The van der Waals surface area contributed by atoms with E-state index in [0.717, 1.165) is 17.4 Å². The van der Waals surface area contributed by atoms with Gasteiger partial charge < -0.3 is 4.74 Å². The van der Waals surface area contributed by atoms with Crippen molar-refractivity contribution in [1.82, 2.24) is 24.5 Å². The van der Waals surface area contributed by atoms with Gasteiger partial charge in [0.15, 0.2) is 5.82 Å². The number of fused-ring (bicyclic) bond motifs is 1. The lowest BCUT2D eigenvalue weighted by atomic mass is 9.94. The second-order valence-electron chi connectivity index (χ2n) is 7.43. The van der Waals surface area contributed by atoms with Crippen LogP contribution in [-0.4, -0.2) is 40.1 Å². The van der Waals surface area contributed by atoms with Gasteiger partial charge in [0.2, 0.25) is 0 Å². The van der Waals surface area contributed by atoms with Crippen LogP contribution in [0.2, 0.25) is 0 Å². The average Bonchev–Trinajstić information content (AvgIpc) is 3.42. The summed E-state index contributed by atoms with van der Waals surface area (Å²) >= 11 is 0. The summed E-state index contributed by atoms with van der Waals surface area (Å²) in [5.41, 5.74) is 1.61. The summed E-state index contributed by atoms with van der Waals surface area (Å²) in [7, 11) is -0.433. The molecule has 9 nitrogen and oxygen atoms in total. The molecule has 0 aliphatic rings. The minimum atomic E-state index is -3.86. The van der Waals surface area contributed by atoms with Gasteiger partial charge in [-0.1, -0.05) is 19.1 Å². The van der Waals surface area contributed by atoms with E-state index in [4.69, 9.17) is 4.74 Å². The van der Waals surface area contributed by atoms with Crippen LogP contribution in [0.4, 0.5) is 5.69 Å². The van der Waals surface area contributed by atoms with Gasteiger partial charge in [0.25, 0.3) is 10.0 Å². The Bertz CT molecular complexity index is 1340. The van der Waals surface area contributed by atoms with Gasteiger partial charge in [0, 0.05) is 25.7 Å². The number of nitrogens with one attached hydrogen (secondary N) is 1. The van der Waals surface area contributed by atoms with E-state index >= 15 is 0 Å². The number of benzene rings is 1. The Hall–Kier alpha value is -3.24. The molecule has 3 aromatic heterocycles. The van der Waals surface area contributed by atoms with Gasteiger partial charge >= 0.3 is 0 Å². The Morgan fingerprint density at radius 3 is 2.74 bits per heavy atom. The predicted molar refractivity (Wildman–Crippen MR) is 118 cm³/mol. The van der Waals surface area contributed by atoms with Crippen LogP contribution in [0.3, 0.4) is 0 Å². The molecule has 0 aliphatic carbocycles. The molecule has 0 bridgehead atoms. The molecule has 4 rings (SSSR count). The van der Waals surface area contributed by atoms with Crippen LogP contribution in [-0.2, 0) is 27.4 Å². The fourth-order valence-corrected chi connectivity index (χ4v) is 4.43. The number of ether oxygens (including phenoxy) is 1. The molecule has 1 atom stereocenters. The number of aromatic nitrogens is 5. The highest BCUT2D eigenvalue weighted by atomic mass is 32.2. The van der Waals surface area contributed by atoms with Crippen molar-refractivity contribution in [3.05, 3.63) is 60.7 Å².